The molecule has 1 rings (SSSR count). The zero-order valence-electron chi connectivity index (χ0n) is 10.9. The van der Waals surface area contributed by atoms with Crippen LogP contribution in [0.4, 0.5) is 0 Å². The number of hydrogen-bond donors (Lipinski definition) is 2. The van der Waals surface area contributed by atoms with Crippen LogP contribution in [0, 0.1) is 0 Å². The number of hydrogen-bond acceptors (Lipinski definition) is 2. The molecule has 0 amide bonds. The lowest BCUT2D eigenvalue weighted by atomic mass is 10.0. The maximum Gasteiger partial charge on any atom is 0.335 e. The number of aryl methyl sites for hydroxylation is 1. The Kier molecular flexibility index (Phi) is 4.29. The van der Waals surface area contributed by atoms with E-state index in [0.717, 1.165) is 18.0 Å². The third-order valence-electron chi connectivity index (χ3n) is 2.65. The second-order valence-electron chi connectivity index (χ2n) is 5.59. The van der Waals surface area contributed by atoms with E-state index in [-0.39, 0.29) is 11.1 Å². The lowest BCUT2D eigenvalue weighted by Gasteiger charge is -2.15. The van der Waals surface area contributed by atoms with Gasteiger partial charge in [0.1, 0.15) is 0 Å². The summed E-state index contributed by atoms with van der Waals surface area (Å²) in [6.45, 7) is 6.68. The molecule has 0 heterocycles. The van der Waals surface area contributed by atoms with Crippen molar-refractivity contribution in [2.24, 2.45) is 0 Å². The van der Waals surface area contributed by atoms with Gasteiger partial charge in [0.2, 0.25) is 0 Å². The van der Waals surface area contributed by atoms with E-state index in [0.29, 0.717) is 0 Å². The summed E-state index contributed by atoms with van der Waals surface area (Å²) >= 11 is 0. The van der Waals surface area contributed by atoms with E-state index in [1.807, 2.05) is 0 Å². The van der Waals surface area contributed by atoms with Crippen LogP contribution >= 0.6 is 0 Å². The first-order valence-electron chi connectivity index (χ1n) is 5.79. The van der Waals surface area contributed by atoms with Gasteiger partial charge in [-0.15, -0.1) is 0 Å². The van der Waals surface area contributed by atoms with Crippen molar-refractivity contribution in [1.29, 1.82) is 0 Å². The lowest BCUT2D eigenvalue weighted by molar-refractivity contribution is 0.0696. The van der Waals surface area contributed by atoms with Gasteiger partial charge in [-0.2, -0.15) is 0 Å². The molecule has 1 aromatic carbocycles. The summed E-state index contributed by atoms with van der Waals surface area (Å²) in [7, 11) is -1.22. The van der Waals surface area contributed by atoms with Gasteiger partial charge in [-0.1, -0.05) is 25.7 Å². The molecule has 0 spiro atoms. The Morgan fingerprint density at radius 2 is 1.44 bits per heavy atom. The standard InChI is InChI=1S/C13H18O4Si/c1-18(2,3)5-4-9-6-10(12(14)15)8-11(7-9)13(16)17/h6-8H,4-5H2,1-3H3,(H,14,15)(H,16,17). The number of carboxylic acids is 2. The first-order chi connectivity index (χ1) is 8.19. The molecule has 0 saturated carbocycles. The average molecular weight is 266 g/mol. The summed E-state index contributed by atoms with van der Waals surface area (Å²) in [4.78, 5) is 21.9. The van der Waals surface area contributed by atoms with Crippen LogP contribution in [0.5, 0.6) is 0 Å². The average Bonchev–Trinajstić information content (AvgIpc) is 2.25. The van der Waals surface area contributed by atoms with Crippen LogP contribution in [0.2, 0.25) is 25.7 Å². The van der Waals surface area contributed by atoms with Crippen molar-refractivity contribution >= 4 is 20.0 Å². The second-order valence-corrected chi connectivity index (χ2v) is 11.2. The molecule has 0 unspecified atom stereocenters. The fourth-order valence-electron chi connectivity index (χ4n) is 1.60. The normalized spacial score (nSPS) is 11.3. The van der Waals surface area contributed by atoms with Crippen LogP contribution in [0.3, 0.4) is 0 Å². The highest BCUT2D eigenvalue weighted by Gasteiger charge is 2.15. The molecule has 0 atom stereocenters. The van der Waals surface area contributed by atoms with Crippen molar-refractivity contribution in [3.63, 3.8) is 0 Å². The molecule has 0 aliphatic carbocycles. The van der Waals surface area contributed by atoms with Crippen LogP contribution in [0.1, 0.15) is 26.3 Å². The molecule has 0 aliphatic heterocycles. The van der Waals surface area contributed by atoms with Gasteiger partial charge in [0.15, 0.2) is 0 Å². The fraction of sp³-hybridized carbons (Fsp3) is 0.385. The third kappa shape index (κ3) is 4.33. The van der Waals surface area contributed by atoms with Crippen molar-refractivity contribution in [3.8, 4) is 0 Å². The number of rotatable bonds is 5. The van der Waals surface area contributed by atoms with Crippen molar-refractivity contribution in [2.75, 3.05) is 0 Å². The van der Waals surface area contributed by atoms with Gasteiger partial charge in [0.05, 0.1) is 11.1 Å². The molecular weight excluding hydrogens is 248 g/mol. The van der Waals surface area contributed by atoms with Crippen LogP contribution in [0.25, 0.3) is 0 Å². The minimum atomic E-state index is -1.22. The van der Waals surface area contributed by atoms with E-state index in [4.69, 9.17) is 10.2 Å². The highest BCUT2D eigenvalue weighted by atomic mass is 28.3. The van der Waals surface area contributed by atoms with Gasteiger partial charge < -0.3 is 10.2 Å². The molecule has 0 aromatic heterocycles. The molecule has 4 nitrogen and oxygen atoms in total. The molecule has 0 bridgehead atoms. The Balaban J connectivity index is 3.04. The van der Waals surface area contributed by atoms with Crippen LogP contribution in [-0.4, -0.2) is 30.2 Å². The predicted octanol–water partition coefficient (Wildman–Crippen LogP) is 2.96. The van der Waals surface area contributed by atoms with Crippen LogP contribution < -0.4 is 0 Å². The van der Waals surface area contributed by atoms with E-state index in [1.165, 1.54) is 6.07 Å². The van der Waals surface area contributed by atoms with E-state index < -0.39 is 20.0 Å². The van der Waals surface area contributed by atoms with Crippen LogP contribution in [-0.2, 0) is 6.42 Å². The lowest BCUT2D eigenvalue weighted by Crippen LogP contribution is -2.20. The van der Waals surface area contributed by atoms with Crippen LogP contribution in [0.15, 0.2) is 18.2 Å². The van der Waals surface area contributed by atoms with Gasteiger partial charge in [-0.05, 0) is 30.2 Å². The summed E-state index contributed by atoms with van der Waals surface area (Å²) in [6.07, 6.45) is 0.733. The molecule has 2 N–H and O–H groups in total. The molecule has 98 valence electrons. The Labute approximate surface area is 107 Å². The first-order valence-corrected chi connectivity index (χ1v) is 9.50. The molecular formula is C13H18O4Si. The Hall–Kier alpha value is -1.62. The van der Waals surface area contributed by atoms with E-state index in [9.17, 15) is 9.59 Å². The zero-order chi connectivity index (χ0) is 13.9. The first kappa shape index (κ1) is 14.4. The fourth-order valence-corrected chi connectivity index (χ4v) is 2.64. The largest absolute Gasteiger partial charge is 0.478 e. The number of benzene rings is 1. The van der Waals surface area contributed by atoms with Gasteiger partial charge in [0.25, 0.3) is 0 Å². The summed E-state index contributed by atoms with van der Waals surface area (Å²) in [5.74, 6) is -2.18. The Morgan fingerprint density at radius 3 is 1.78 bits per heavy atom. The molecule has 5 heteroatoms. The topological polar surface area (TPSA) is 74.6 Å². The highest BCUT2D eigenvalue weighted by Crippen LogP contribution is 2.17. The zero-order valence-corrected chi connectivity index (χ0v) is 11.9. The highest BCUT2D eigenvalue weighted by molar-refractivity contribution is 6.76. The Bertz CT molecular complexity index is 442. The quantitative estimate of drug-likeness (QED) is 0.803. The molecule has 18 heavy (non-hydrogen) atoms. The van der Waals surface area contributed by atoms with Gasteiger partial charge in [-0.3, -0.25) is 0 Å². The summed E-state index contributed by atoms with van der Waals surface area (Å²) < 4.78 is 0. The summed E-state index contributed by atoms with van der Waals surface area (Å²) in [6, 6.07) is 5.33. The third-order valence-corrected chi connectivity index (χ3v) is 4.40. The molecule has 0 fully saturated rings. The molecule has 0 radical (unpaired) electrons. The van der Waals surface area contributed by atoms with Gasteiger partial charge in [0, 0.05) is 8.07 Å². The summed E-state index contributed by atoms with van der Waals surface area (Å²) in [5.41, 5.74) is 0.871. The molecule has 1 aromatic rings. The second kappa shape index (κ2) is 5.35. The Morgan fingerprint density at radius 1 is 1.00 bits per heavy atom. The van der Waals surface area contributed by atoms with Gasteiger partial charge in [-0.25, -0.2) is 9.59 Å². The number of carbonyl (C=O) groups is 2. The number of carboxylic acid groups (broad SMARTS) is 2. The minimum absolute atomic E-state index is 0.0421. The minimum Gasteiger partial charge on any atom is -0.478 e. The molecule has 0 aliphatic rings. The van der Waals surface area contributed by atoms with E-state index in [2.05, 4.69) is 19.6 Å². The maximum absolute atomic E-state index is 10.9. The van der Waals surface area contributed by atoms with Crippen molar-refractivity contribution in [2.45, 2.75) is 32.1 Å². The van der Waals surface area contributed by atoms with Crippen molar-refractivity contribution in [1.82, 2.24) is 0 Å². The van der Waals surface area contributed by atoms with E-state index >= 15 is 0 Å². The van der Waals surface area contributed by atoms with Crippen molar-refractivity contribution < 1.29 is 19.8 Å². The number of aromatic carboxylic acids is 2. The monoisotopic (exact) mass is 266 g/mol. The summed E-state index contributed by atoms with van der Waals surface area (Å²) in [5, 5.41) is 17.9. The predicted molar refractivity (Wildman–Crippen MR) is 72.2 cm³/mol. The van der Waals surface area contributed by atoms with Gasteiger partial charge >= 0.3 is 11.9 Å². The SMILES string of the molecule is C[Si](C)(C)CCc1cc(C(=O)O)cc(C(=O)O)c1. The van der Waals surface area contributed by atoms with Crippen molar-refractivity contribution in [3.05, 3.63) is 34.9 Å². The maximum atomic E-state index is 10.9. The van der Waals surface area contributed by atoms with E-state index in [1.54, 1.807) is 12.1 Å². The molecule has 0 saturated heterocycles. The smallest absolute Gasteiger partial charge is 0.335 e.